The van der Waals surface area contributed by atoms with Gasteiger partial charge in [0, 0.05) is 23.0 Å². The Bertz CT molecular complexity index is 1530. The van der Waals surface area contributed by atoms with Crippen LogP contribution in [0.25, 0.3) is 27.6 Å². The number of hydrogen-bond donors (Lipinski definition) is 1. The Morgan fingerprint density at radius 3 is 2.15 bits per heavy atom. The summed E-state index contributed by atoms with van der Waals surface area (Å²) in [5.41, 5.74) is 8.93. The van der Waals surface area contributed by atoms with Gasteiger partial charge in [0.25, 0.3) is 0 Å². The zero-order chi connectivity index (χ0) is 23.4. The first-order valence-electron chi connectivity index (χ1n) is 12.2. The van der Waals surface area contributed by atoms with Crippen LogP contribution < -0.4 is 0 Å². The molecule has 2 aromatic heterocycles. The van der Waals surface area contributed by atoms with E-state index in [0.29, 0.717) is 0 Å². The highest BCUT2D eigenvalue weighted by Crippen LogP contribution is 2.39. The summed E-state index contributed by atoms with van der Waals surface area (Å²) >= 11 is 0. The Hall–Kier alpha value is -3.59. The topological polar surface area (TPSA) is 38.0 Å². The number of phenolic OH excluding ortho intramolecular Hbond substituents is 1. The Kier molecular flexibility index (Phi) is 4.77. The van der Waals surface area contributed by atoms with Crippen molar-refractivity contribution in [1.82, 2.24) is 9.55 Å². The zero-order valence-corrected chi connectivity index (χ0v) is 20.1. The van der Waals surface area contributed by atoms with Gasteiger partial charge >= 0.3 is 0 Å². The summed E-state index contributed by atoms with van der Waals surface area (Å²) in [4.78, 5) is 4.84. The van der Waals surface area contributed by atoms with Gasteiger partial charge in [-0.15, -0.1) is 0 Å². The Morgan fingerprint density at radius 2 is 1.44 bits per heavy atom. The van der Waals surface area contributed by atoms with Crippen LogP contribution in [0.4, 0.5) is 0 Å². The van der Waals surface area contributed by atoms with Crippen molar-refractivity contribution in [2.24, 2.45) is 0 Å². The van der Waals surface area contributed by atoms with Crippen molar-refractivity contribution in [2.75, 3.05) is 0 Å². The average Bonchev–Trinajstić information content (AvgIpc) is 3.15. The average molecular weight is 447 g/mol. The van der Waals surface area contributed by atoms with Crippen molar-refractivity contribution < 1.29 is 5.11 Å². The molecule has 3 nitrogen and oxygen atoms in total. The highest BCUT2D eigenvalue weighted by molar-refractivity contribution is 6.12. The van der Waals surface area contributed by atoms with Gasteiger partial charge in [-0.3, -0.25) is 4.57 Å². The maximum Gasteiger partial charge on any atom is 0.137 e. The van der Waals surface area contributed by atoms with Crippen molar-refractivity contribution in [3.8, 4) is 11.6 Å². The number of nitrogens with zero attached hydrogens (tertiary/aromatic N) is 2. The van der Waals surface area contributed by atoms with Crippen LogP contribution in [0.1, 0.15) is 48.6 Å². The van der Waals surface area contributed by atoms with Gasteiger partial charge in [0.15, 0.2) is 0 Å². The van der Waals surface area contributed by atoms with E-state index in [0.717, 1.165) is 37.0 Å². The molecule has 4 aliphatic rings. The smallest absolute Gasteiger partial charge is 0.137 e. The van der Waals surface area contributed by atoms with E-state index in [9.17, 15) is 5.11 Å². The maximum atomic E-state index is 10.5. The van der Waals surface area contributed by atoms with Crippen LogP contribution in [0, 0.1) is 0 Å². The molecule has 0 fully saturated rings. The number of pyridine rings is 1. The lowest BCUT2D eigenvalue weighted by molar-refractivity contribution is 0.476. The van der Waals surface area contributed by atoms with Gasteiger partial charge in [0.05, 0.1) is 11.0 Å². The lowest BCUT2D eigenvalue weighted by Crippen LogP contribution is -2.12. The lowest BCUT2D eigenvalue weighted by atomic mass is 9.88. The molecule has 0 atom stereocenters. The second-order valence-corrected chi connectivity index (χ2v) is 10.6. The van der Waals surface area contributed by atoms with E-state index in [1.165, 1.54) is 44.1 Å². The van der Waals surface area contributed by atoms with Gasteiger partial charge in [0.1, 0.15) is 11.6 Å². The summed E-state index contributed by atoms with van der Waals surface area (Å²) in [6.45, 7) is 6.70. The second-order valence-electron chi connectivity index (χ2n) is 10.6. The van der Waals surface area contributed by atoms with Crippen LogP contribution in [0.2, 0.25) is 0 Å². The molecule has 34 heavy (non-hydrogen) atoms. The summed E-state index contributed by atoms with van der Waals surface area (Å²) < 4.78 is 2.28. The Morgan fingerprint density at radius 1 is 0.765 bits per heavy atom. The van der Waals surface area contributed by atoms with E-state index >= 15 is 0 Å². The molecule has 3 aromatic carbocycles. The van der Waals surface area contributed by atoms with E-state index in [1.54, 1.807) is 0 Å². The fourth-order valence-electron chi connectivity index (χ4n) is 5.35. The van der Waals surface area contributed by atoms with E-state index in [4.69, 9.17) is 4.98 Å². The quantitative estimate of drug-likeness (QED) is 0.299. The molecular formula is C31H30N2O. The molecule has 0 saturated carbocycles. The van der Waals surface area contributed by atoms with E-state index in [2.05, 4.69) is 79.9 Å². The Balaban J connectivity index is 1.69. The van der Waals surface area contributed by atoms with E-state index < -0.39 is 0 Å². The first-order chi connectivity index (χ1) is 16.4. The fourth-order valence-corrected chi connectivity index (χ4v) is 5.35. The number of aryl methyl sites for hydroxylation is 4. The van der Waals surface area contributed by atoms with Crippen molar-refractivity contribution in [3.05, 3.63) is 101 Å². The molecule has 170 valence electrons. The summed E-state index contributed by atoms with van der Waals surface area (Å²) in [7, 11) is 0. The number of rotatable bonds is 1. The molecule has 9 rings (SSSR count). The maximum absolute atomic E-state index is 10.5. The predicted octanol–water partition coefficient (Wildman–Crippen LogP) is 7.07. The molecule has 4 bridgehead atoms. The molecule has 4 aliphatic carbocycles. The monoisotopic (exact) mass is 446 g/mol. The van der Waals surface area contributed by atoms with Crippen molar-refractivity contribution in [3.63, 3.8) is 0 Å². The highest BCUT2D eigenvalue weighted by atomic mass is 16.3. The van der Waals surface area contributed by atoms with Gasteiger partial charge in [-0.25, -0.2) is 4.98 Å². The summed E-state index contributed by atoms with van der Waals surface area (Å²) in [6.07, 6.45) is 5.86. The van der Waals surface area contributed by atoms with Crippen molar-refractivity contribution in [2.45, 2.75) is 51.9 Å². The molecule has 2 heterocycles. The van der Waals surface area contributed by atoms with Gasteiger partial charge in [0.2, 0.25) is 0 Å². The van der Waals surface area contributed by atoms with E-state index in [-0.39, 0.29) is 11.2 Å². The number of hydrogen-bond acceptors (Lipinski definition) is 2. The third-order valence-corrected chi connectivity index (χ3v) is 7.29. The number of benzene rings is 3. The number of aromatic nitrogens is 2. The number of fused-ring (bicyclic) bond motifs is 1. The summed E-state index contributed by atoms with van der Waals surface area (Å²) in [6, 6.07) is 23.8. The molecule has 0 saturated heterocycles. The van der Waals surface area contributed by atoms with Crippen LogP contribution in [-0.2, 0) is 31.1 Å². The molecule has 5 aromatic rings. The van der Waals surface area contributed by atoms with Gasteiger partial charge in [-0.05, 0) is 83.2 Å². The molecule has 1 N–H and O–H groups in total. The second kappa shape index (κ2) is 7.73. The van der Waals surface area contributed by atoms with Crippen LogP contribution in [0.3, 0.4) is 0 Å². The van der Waals surface area contributed by atoms with Crippen molar-refractivity contribution >= 4 is 21.8 Å². The summed E-state index contributed by atoms with van der Waals surface area (Å²) in [5, 5.41) is 12.9. The molecule has 3 heteroatoms. The summed E-state index contributed by atoms with van der Waals surface area (Å²) in [5.74, 6) is 1.19. The minimum Gasteiger partial charge on any atom is -0.508 e. The van der Waals surface area contributed by atoms with Gasteiger partial charge in [-0.1, -0.05) is 57.2 Å². The third-order valence-electron chi connectivity index (χ3n) is 7.29. The Labute approximate surface area is 200 Å². The molecule has 0 radical (unpaired) electrons. The molecular weight excluding hydrogens is 416 g/mol. The normalized spacial score (nSPS) is 14.0. The van der Waals surface area contributed by atoms with Gasteiger partial charge < -0.3 is 5.11 Å². The zero-order valence-electron chi connectivity index (χ0n) is 20.1. The van der Waals surface area contributed by atoms with Crippen LogP contribution in [0.5, 0.6) is 5.75 Å². The first kappa shape index (κ1) is 21.0. The largest absolute Gasteiger partial charge is 0.508 e. The predicted molar refractivity (Wildman–Crippen MR) is 140 cm³/mol. The van der Waals surface area contributed by atoms with Crippen LogP contribution in [-0.4, -0.2) is 14.7 Å². The van der Waals surface area contributed by atoms with Crippen LogP contribution in [0.15, 0.2) is 72.9 Å². The van der Waals surface area contributed by atoms with Gasteiger partial charge in [-0.2, -0.15) is 0 Å². The molecule has 0 spiro atoms. The first-order valence-corrected chi connectivity index (χ1v) is 12.2. The standard InChI is InChI=1S/C31H30N2O/c1-31(2,3)24-16-17-32-28(18-24)33-27-19-25(34)14-15-26(27)29-22-10-8-20-4-6-21(7-5-20)9-11-23(13-12-22)30(29)33/h4-7,12-19,34H,8-11H2,1-3H3. The lowest BCUT2D eigenvalue weighted by Gasteiger charge is -2.20. The number of phenols is 1. The minimum absolute atomic E-state index is 0.0232. The highest BCUT2D eigenvalue weighted by Gasteiger charge is 2.22. The SMILES string of the molecule is CC(C)(C)c1ccnc(-n2c3cc(O)ccc3c3c4ccc(c32)CCc2ccc(cc2)CC4)c1. The molecule has 0 aliphatic heterocycles. The minimum atomic E-state index is 0.0232. The van der Waals surface area contributed by atoms with E-state index in [1.807, 2.05) is 18.3 Å². The third kappa shape index (κ3) is 3.47. The van der Waals surface area contributed by atoms with Crippen molar-refractivity contribution in [1.29, 1.82) is 0 Å². The molecule has 0 unspecified atom stereocenters. The molecule has 0 amide bonds. The van der Waals surface area contributed by atoms with Crippen LogP contribution >= 0.6 is 0 Å². The number of aromatic hydroxyl groups is 1. The fraction of sp³-hybridized carbons (Fsp3) is 0.258.